The first kappa shape index (κ1) is 22.4. The van der Waals surface area contributed by atoms with Crippen molar-refractivity contribution in [2.45, 2.75) is 46.1 Å². The van der Waals surface area contributed by atoms with E-state index >= 15 is 0 Å². The number of guanidine groups is 1. The summed E-state index contributed by atoms with van der Waals surface area (Å²) in [6.07, 6.45) is 3.25. The van der Waals surface area contributed by atoms with Gasteiger partial charge in [0, 0.05) is 38.1 Å². The molecule has 0 radical (unpaired) electrons. The molecule has 7 heteroatoms. The van der Waals surface area contributed by atoms with Crippen LogP contribution in [-0.2, 0) is 4.79 Å². The third-order valence-corrected chi connectivity index (χ3v) is 4.07. The number of nitrogens with zero attached hydrogens (tertiary/aromatic N) is 2. The SMILES string of the molecule is CCNC(=NCCN(C)C(C)CC)NCCNC(=O)C1CC1.I. The largest absolute Gasteiger partial charge is 0.357 e. The fraction of sp³-hybridized carbons (Fsp3) is 0.875. The van der Waals surface area contributed by atoms with E-state index in [9.17, 15) is 4.79 Å². The summed E-state index contributed by atoms with van der Waals surface area (Å²) in [7, 11) is 2.14. The second-order valence-corrected chi connectivity index (χ2v) is 5.99. The minimum absolute atomic E-state index is 0. The summed E-state index contributed by atoms with van der Waals surface area (Å²) in [5, 5.41) is 9.43. The van der Waals surface area contributed by atoms with E-state index < -0.39 is 0 Å². The molecule has 1 saturated carbocycles. The van der Waals surface area contributed by atoms with Gasteiger partial charge >= 0.3 is 0 Å². The smallest absolute Gasteiger partial charge is 0.223 e. The van der Waals surface area contributed by atoms with Crippen molar-refractivity contribution in [3.8, 4) is 0 Å². The van der Waals surface area contributed by atoms with Crippen LogP contribution in [-0.4, -0.2) is 62.6 Å². The number of halogens is 1. The average Bonchev–Trinajstić information content (AvgIpc) is 3.34. The number of nitrogens with one attached hydrogen (secondary N) is 3. The number of rotatable bonds is 10. The summed E-state index contributed by atoms with van der Waals surface area (Å²) in [6, 6.07) is 0.586. The Hall–Kier alpha value is -0.570. The Labute approximate surface area is 158 Å². The topological polar surface area (TPSA) is 68.8 Å². The number of carbonyl (C=O) groups is 1. The van der Waals surface area contributed by atoms with Crippen LogP contribution in [0.1, 0.15) is 40.0 Å². The molecule has 6 nitrogen and oxygen atoms in total. The Morgan fingerprint density at radius 1 is 1.22 bits per heavy atom. The molecule has 0 aliphatic heterocycles. The molecular weight excluding hydrogens is 405 g/mol. The monoisotopic (exact) mass is 439 g/mol. The van der Waals surface area contributed by atoms with E-state index in [1.165, 1.54) is 0 Å². The van der Waals surface area contributed by atoms with Crippen molar-refractivity contribution in [1.29, 1.82) is 0 Å². The maximum atomic E-state index is 11.5. The predicted molar refractivity (Wildman–Crippen MR) is 108 cm³/mol. The van der Waals surface area contributed by atoms with Crippen LogP contribution in [0.4, 0.5) is 0 Å². The van der Waals surface area contributed by atoms with Crippen LogP contribution in [0.5, 0.6) is 0 Å². The number of aliphatic imine (C=N–C) groups is 1. The number of hydrogen-bond acceptors (Lipinski definition) is 3. The Morgan fingerprint density at radius 3 is 2.43 bits per heavy atom. The first-order chi connectivity index (χ1) is 10.6. The van der Waals surface area contributed by atoms with Gasteiger partial charge in [-0.15, -0.1) is 24.0 Å². The Morgan fingerprint density at radius 2 is 1.87 bits per heavy atom. The molecule has 0 aromatic rings. The fourth-order valence-electron chi connectivity index (χ4n) is 2.05. The van der Waals surface area contributed by atoms with Gasteiger partial charge in [-0.2, -0.15) is 0 Å². The molecule has 136 valence electrons. The normalized spacial score (nSPS) is 15.8. The van der Waals surface area contributed by atoms with E-state index in [-0.39, 0.29) is 35.8 Å². The standard InChI is InChI=1S/C16H33N5O.HI/c1-5-13(3)21(4)12-11-20-16(17-6-2)19-10-9-18-15(22)14-7-8-14;/h13-14H,5-12H2,1-4H3,(H,18,22)(H2,17,19,20);1H. The van der Waals surface area contributed by atoms with Crippen molar-refractivity contribution in [2.75, 3.05) is 39.8 Å². The van der Waals surface area contributed by atoms with E-state index in [0.717, 1.165) is 44.9 Å². The average molecular weight is 439 g/mol. The molecule has 23 heavy (non-hydrogen) atoms. The van der Waals surface area contributed by atoms with E-state index in [2.05, 4.69) is 53.7 Å². The zero-order valence-corrected chi connectivity index (χ0v) is 17.4. The summed E-state index contributed by atoms with van der Waals surface area (Å²) >= 11 is 0. The lowest BCUT2D eigenvalue weighted by atomic mass is 10.2. The van der Waals surface area contributed by atoms with Crippen LogP contribution in [0.15, 0.2) is 4.99 Å². The van der Waals surface area contributed by atoms with Crippen molar-refractivity contribution in [1.82, 2.24) is 20.9 Å². The van der Waals surface area contributed by atoms with Gasteiger partial charge in [0.1, 0.15) is 0 Å². The molecule has 0 bridgehead atoms. The van der Waals surface area contributed by atoms with Crippen molar-refractivity contribution in [3.63, 3.8) is 0 Å². The molecule has 1 unspecified atom stereocenters. The second-order valence-electron chi connectivity index (χ2n) is 5.99. The van der Waals surface area contributed by atoms with Crippen molar-refractivity contribution in [3.05, 3.63) is 0 Å². The molecule has 0 saturated heterocycles. The third kappa shape index (κ3) is 10.0. The van der Waals surface area contributed by atoms with E-state index in [4.69, 9.17) is 0 Å². The molecule has 1 atom stereocenters. The molecule has 0 aromatic carbocycles. The molecule has 0 spiro atoms. The molecule has 1 aliphatic rings. The van der Waals surface area contributed by atoms with Crippen LogP contribution >= 0.6 is 24.0 Å². The molecule has 1 aliphatic carbocycles. The van der Waals surface area contributed by atoms with Gasteiger partial charge in [0.15, 0.2) is 5.96 Å². The quantitative estimate of drug-likeness (QED) is 0.209. The van der Waals surface area contributed by atoms with Gasteiger partial charge in [0.25, 0.3) is 0 Å². The summed E-state index contributed by atoms with van der Waals surface area (Å²) < 4.78 is 0. The van der Waals surface area contributed by atoms with Crippen molar-refractivity contribution in [2.24, 2.45) is 10.9 Å². The molecule has 3 N–H and O–H groups in total. The van der Waals surface area contributed by atoms with Gasteiger partial charge in [0.05, 0.1) is 6.54 Å². The highest BCUT2D eigenvalue weighted by atomic mass is 127. The van der Waals surface area contributed by atoms with Crippen molar-refractivity contribution >= 4 is 35.8 Å². The highest BCUT2D eigenvalue weighted by molar-refractivity contribution is 14.0. The van der Waals surface area contributed by atoms with Crippen LogP contribution in [0.2, 0.25) is 0 Å². The molecule has 1 fully saturated rings. The van der Waals surface area contributed by atoms with Gasteiger partial charge in [0.2, 0.25) is 5.91 Å². The minimum Gasteiger partial charge on any atom is -0.357 e. The van der Waals surface area contributed by atoms with Crippen LogP contribution in [0.25, 0.3) is 0 Å². The molecular formula is C16H34IN5O. The van der Waals surface area contributed by atoms with E-state index in [0.29, 0.717) is 19.1 Å². The fourth-order valence-corrected chi connectivity index (χ4v) is 2.05. The summed E-state index contributed by atoms with van der Waals surface area (Å²) in [4.78, 5) is 18.4. The zero-order valence-electron chi connectivity index (χ0n) is 15.0. The Kier molecular flexibility index (Phi) is 12.5. The first-order valence-corrected chi connectivity index (χ1v) is 8.58. The maximum Gasteiger partial charge on any atom is 0.223 e. The summed E-state index contributed by atoms with van der Waals surface area (Å²) in [5.74, 6) is 1.29. The first-order valence-electron chi connectivity index (χ1n) is 8.58. The summed E-state index contributed by atoms with van der Waals surface area (Å²) in [5.41, 5.74) is 0. The van der Waals surface area contributed by atoms with Crippen LogP contribution < -0.4 is 16.0 Å². The molecule has 0 heterocycles. The predicted octanol–water partition coefficient (Wildman–Crippen LogP) is 1.42. The van der Waals surface area contributed by atoms with Crippen LogP contribution in [0.3, 0.4) is 0 Å². The third-order valence-electron chi connectivity index (χ3n) is 4.07. The lowest BCUT2D eigenvalue weighted by molar-refractivity contribution is -0.122. The summed E-state index contributed by atoms with van der Waals surface area (Å²) in [6.45, 7) is 10.4. The molecule has 1 amide bonds. The van der Waals surface area contributed by atoms with Gasteiger partial charge in [-0.25, -0.2) is 0 Å². The number of likely N-dealkylation sites (N-methyl/N-ethyl adjacent to an activating group) is 1. The highest BCUT2D eigenvalue weighted by Crippen LogP contribution is 2.28. The zero-order chi connectivity index (χ0) is 16.4. The Bertz CT molecular complexity index is 360. The van der Waals surface area contributed by atoms with Gasteiger partial charge in [-0.05, 0) is 40.2 Å². The lowest BCUT2D eigenvalue weighted by Gasteiger charge is -2.22. The molecule has 1 rings (SSSR count). The second kappa shape index (κ2) is 12.8. The van der Waals surface area contributed by atoms with Crippen molar-refractivity contribution < 1.29 is 4.79 Å². The minimum atomic E-state index is 0. The van der Waals surface area contributed by atoms with Gasteiger partial charge in [-0.3, -0.25) is 9.79 Å². The Balaban J connectivity index is 0.00000484. The number of carbonyl (C=O) groups excluding carboxylic acids is 1. The highest BCUT2D eigenvalue weighted by Gasteiger charge is 2.28. The van der Waals surface area contributed by atoms with E-state index in [1.807, 2.05) is 0 Å². The van der Waals surface area contributed by atoms with E-state index in [1.54, 1.807) is 0 Å². The van der Waals surface area contributed by atoms with Gasteiger partial charge in [-0.1, -0.05) is 6.92 Å². The maximum absolute atomic E-state index is 11.5. The van der Waals surface area contributed by atoms with Crippen LogP contribution in [0, 0.1) is 5.92 Å². The van der Waals surface area contributed by atoms with Gasteiger partial charge < -0.3 is 20.9 Å². The number of amides is 1. The molecule has 0 aromatic heterocycles. The lowest BCUT2D eigenvalue weighted by Crippen LogP contribution is -2.42. The number of hydrogen-bond donors (Lipinski definition) is 3.